The standard InChI is InChI=1S/C46H87N2O6P/c1-6-8-10-12-14-16-18-20-21-22-23-24-25-26-28-29-31-33-35-37-39-45(49)44(43-54-55(51,52)53-42-41-48(3,4)5)47-46(50)40-38-36-34-32-30-27-19-17-15-13-11-9-7-2/h17,19,24-25,29,31,37,39,44-45,49H,6-16,18,20-23,26-28,30,32-36,38,40-43H2,1-5H3,(H-,47,50,51,52)/b19-17-,25-24+,31-29+,39-37+. The van der Waals surface area contributed by atoms with Gasteiger partial charge in [-0.25, -0.2) is 0 Å². The Morgan fingerprint density at radius 1 is 0.618 bits per heavy atom. The third-order valence-corrected chi connectivity index (χ3v) is 10.7. The quantitative estimate of drug-likeness (QED) is 0.0277. The predicted molar refractivity (Wildman–Crippen MR) is 233 cm³/mol. The molecular formula is C46H87N2O6P. The molecule has 0 aromatic rings. The van der Waals surface area contributed by atoms with Gasteiger partial charge in [-0.1, -0.05) is 159 Å². The van der Waals surface area contributed by atoms with E-state index in [9.17, 15) is 19.4 Å². The molecule has 1 amide bonds. The second-order valence-electron chi connectivity index (χ2n) is 16.4. The summed E-state index contributed by atoms with van der Waals surface area (Å²) < 4.78 is 23.2. The van der Waals surface area contributed by atoms with Gasteiger partial charge in [0.15, 0.2) is 0 Å². The van der Waals surface area contributed by atoms with E-state index in [1.54, 1.807) is 6.08 Å². The van der Waals surface area contributed by atoms with Gasteiger partial charge in [0.05, 0.1) is 39.9 Å². The number of amides is 1. The number of phosphoric acid groups is 1. The highest BCUT2D eigenvalue weighted by Crippen LogP contribution is 2.38. The van der Waals surface area contributed by atoms with Crippen molar-refractivity contribution in [1.82, 2.24) is 5.32 Å². The Hall–Kier alpha value is -1.54. The number of carbonyl (C=O) groups excluding carboxylic acids is 1. The van der Waals surface area contributed by atoms with Gasteiger partial charge in [-0.05, 0) is 70.6 Å². The molecule has 0 aromatic carbocycles. The summed E-state index contributed by atoms with van der Waals surface area (Å²) >= 11 is 0. The van der Waals surface area contributed by atoms with Gasteiger partial charge < -0.3 is 28.8 Å². The molecular weight excluding hydrogens is 707 g/mol. The predicted octanol–water partition coefficient (Wildman–Crippen LogP) is 11.8. The van der Waals surface area contributed by atoms with Gasteiger partial charge in [-0.2, -0.15) is 0 Å². The van der Waals surface area contributed by atoms with Gasteiger partial charge in [-0.15, -0.1) is 0 Å². The fraction of sp³-hybridized carbons (Fsp3) is 0.804. The Labute approximate surface area is 339 Å². The van der Waals surface area contributed by atoms with Crippen LogP contribution in [-0.2, 0) is 18.4 Å². The van der Waals surface area contributed by atoms with Gasteiger partial charge in [0.1, 0.15) is 13.2 Å². The lowest BCUT2D eigenvalue weighted by Gasteiger charge is -2.29. The van der Waals surface area contributed by atoms with E-state index in [4.69, 9.17) is 9.05 Å². The fourth-order valence-corrected chi connectivity index (χ4v) is 6.84. The Balaban J connectivity index is 4.50. The first kappa shape index (κ1) is 53.5. The maximum absolute atomic E-state index is 12.8. The van der Waals surface area contributed by atoms with Crippen LogP contribution < -0.4 is 10.2 Å². The van der Waals surface area contributed by atoms with Crippen molar-refractivity contribution in [1.29, 1.82) is 0 Å². The molecule has 8 nitrogen and oxygen atoms in total. The van der Waals surface area contributed by atoms with Crippen molar-refractivity contribution in [2.24, 2.45) is 0 Å². The minimum Gasteiger partial charge on any atom is -0.756 e. The van der Waals surface area contributed by atoms with Crippen LogP contribution in [0, 0.1) is 0 Å². The minimum atomic E-state index is -4.60. The summed E-state index contributed by atoms with van der Waals surface area (Å²) in [5, 5.41) is 13.7. The highest BCUT2D eigenvalue weighted by molar-refractivity contribution is 7.45. The van der Waals surface area contributed by atoms with Crippen LogP contribution in [0.1, 0.15) is 187 Å². The average molecular weight is 795 g/mol. The van der Waals surface area contributed by atoms with Crippen LogP contribution in [0.15, 0.2) is 48.6 Å². The Kier molecular flexibility index (Phi) is 36.9. The molecule has 0 radical (unpaired) electrons. The average Bonchev–Trinajstić information content (AvgIpc) is 3.13. The van der Waals surface area contributed by atoms with Crippen molar-refractivity contribution in [2.75, 3.05) is 40.9 Å². The van der Waals surface area contributed by atoms with Gasteiger partial charge in [-0.3, -0.25) is 9.36 Å². The Bertz CT molecular complexity index is 1040. The number of hydrogen-bond acceptors (Lipinski definition) is 6. The lowest BCUT2D eigenvalue weighted by Crippen LogP contribution is -2.45. The van der Waals surface area contributed by atoms with Gasteiger partial charge in [0.2, 0.25) is 5.91 Å². The number of phosphoric ester groups is 1. The third-order valence-electron chi connectivity index (χ3n) is 9.74. The van der Waals surface area contributed by atoms with Crippen LogP contribution >= 0.6 is 7.82 Å². The van der Waals surface area contributed by atoms with Crippen molar-refractivity contribution < 1.29 is 32.9 Å². The molecule has 0 bridgehead atoms. The smallest absolute Gasteiger partial charge is 0.268 e. The van der Waals surface area contributed by atoms with Crippen LogP contribution in [0.3, 0.4) is 0 Å². The topological polar surface area (TPSA) is 108 Å². The van der Waals surface area contributed by atoms with Crippen LogP contribution in [0.2, 0.25) is 0 Å². The largest absolute Gasteiger partial charge is 0.756 e. The number of carbonyl (C=O) groups is 1. The highest BCUT2D eigenvalue weighted by Gasteiger charge is 2.23. The van der Waals surface area contributed by atoms with E-state index in [1.807, 2.05) is 27.2 Å². The number of rotatable bonds is 40. The number of allylic oxidation sites excluding steroid dienone is 7. The lowest BCUT2D eigenvalue weighted by molar-refractivity contribution is -0.870. The van der Waals surface area contributed by atoms with E-state index in [-0.39, 0.29) is 12.5 Å². The third kappa shape index (κ3) is 40.5. The maximum Gasteiger partial charge on any atom is 0.268 e. The van der Waals surface area contributed by atoms with E-state index in [0.29, 0.717) is 17.4 Å². The SMILES string of the molecule is CCCCCC/C=C\CCCCCCCC(=O)NC(COP(=O)([O-])OCC[N+](C)(C)C)C(O)/C=C/CC/C=C/CC/C=C/CCCCCCCCCCCC. The molecule has 0 rings (SSSR count). The van der Waals surface area contributed by atoms with E-state index in [0.717, 1.165) is 64.2 Å². The number of hydrogen-bond donors (Lipinski definition) is 2. The number of nitrogens with one attached hydrogen (secondary N) is 1. The zero-order valence-corrected chi connectivity index (χ0v) is 37.3. The fourth-order valence-electron chi connectivity index (χ4n) is 6.12. The molecule has 0 fully saturated rings. The number of unbranched alkanes of at least 4 members (excludes halogenated alkanes) is 21. The molecule has 322 valence electrons. The number of likely N-dealkylation sites (N-methyl/N-ethyl adjacent to an activating group) is 1. The molecule has 3 atom stereocenters. The summed E-state index contributed by atoms with van der Waals surface area (Å²) in [5.74, 6) is -0.223. The molecule has 0 saturated heterocycles. The molecule has 3 unspecified atom stereocenters. The normalized spacial score (nSPS) is 14.8. The van der Waals surface area contributed by atoms with Crippen molar-refractivity contribution in [3.8, 4) is 0 Å². The molecule has 0 heterocycles. The summed E-state index contributed by atoms with van der Waals surface area (Å²) in [6.07, 6.45) is 47.3. The first-order valence-corrected chi connectivity index (χ1v) is 24.0. The second kappa shape index (κ2) is 38.0. The Morgan fingerprint density at radius 2 is 1.02 bits per heavy atom. The van der Waals surface area contributed by atoms with E-state index in [1.165, 1.54) is 103 Å². The Morgan fingerprint density at radius 3 is 1.49 bits per heavy atom. The van der Waals surface area contributed by atoms with Crippen molar-refractivity contribution >= 4 is 13.7 Å². The van der Waals surface area contributed by atoms with Crippen LogP contribution in [-0.4, -0.2) is 68.5 Å². The van der Waals surface area contributed by atoms with Crippen LogP contribution in [0.25, 0.3) is 0 Å². The summed E-state index contributed by atoms with van der Waals surface area (Å²) in [6.45, 7) is 4.58. The number of nitrogens with zero attached hydrogens (tertiary/aromatic N) is 1. The van der Waals surface area contributed by atoms with Gasteiger partial charge >= 0.3 is 0 Å². The van der Waals surface area contributed by atoms with Gasteiger partial charge in [0, 0.05) is 6.42 Å². The molecule has 9 heteroatoms. The maximum atomic E-state index is 12.8. The van der Waals surface area contributed by atoms with Crippen molar-refractivity contribution in [3.63, 3.8) is 0 Å². The number of aliphatic hydroxyl groups is 1. The van der Waals surface area contributed by atoms with Crippen molar-refractivity contribution in [2.45, 2.75) is 199 Å². The molecule has 0 aliphatic carbocycles. The molecule has 0 aliphatic rings. The summed E-state index contributed by atoms with van der Waals surface area (Å²) in [4.78, 5) is 25.3. The molecule has 0 aromatic heterocycles. The van der Waals surface area contributed by atoms with Crippen LogP contribution in [0.4, 0.5) is 0 Å². The second-order valence-corrected chi connectivity index (χ2v) is 17.8. The first-order chi connectivity index (χ1) is 26.5. The molecule has 2 N–H and O–H groups in total. The number of quaternary nitrogens is 1. The van der Waals surface area contributed by atoms with E-state index >= 15 is 0 Å². The van der Waals surface area contributed by atoms with E-state index in [2.05, 4.69) is 55.6 Å². The highest BCUT2D eigenvalue weighted by atomic mass is 31.2. The zero-order chi connectivity index (χ0) is 40.7. The number of aliphatic hydroxyl groups excluding tert-OH is 1. The van der Waals surface area contributed by atoms with Crippen molar-refractivity contribution in [3.05, 3.63) is 48.6 Å². The summed E-state index contributed by atoms with van der Waals surface area (Å²) in [6, 6.07) is -0.913. The minimum absolute atomic E-state index is 0.0116. The first-order valence-electron chi connectivity index (χ1n) is 22.5. The van der Waals surface area contributed by atoms with E-state index < -0.39 is 26.6 Å². The summed E-state index contributed by atoms with van der Waals surface area (Å²) in [5.41, 5.74) is 0. The molecule has 0 aliphatic heterocycles. The monoisotopic (exact) mass is 795 g/mol. The molecule has 55 heavy (non-hydrogen) atoms. The zero-order valence-electron chi connectivity index (χ0n) is 36.4. The summed E-state index contributed by atoms with van der Waals surface area (Å²) in [7, 11) is 1.22. The van der Waals surface area contributed by atoms with Crippen LogP contribution in [0.5, 0.6) is 0 Å². The lowest BCUT2D eigenvalue weighted by atomic mass is 10.1. The van der Waals surface area contributed by atoms with Gasteiger partial charge in [0.25, 0.3) is 7.82 Å². The molecule has 0 saturated carbocycles. The molecule has 0 spiro atoms.